The number of amides is 1. The maximum atomic E-state index is 12.3. The van der Waals surface area contributed by atoms with Crippen molar-refractivity contribution >= 4 is 16.0 Å². The maximum absolute atomic E-state index is 12.3. The Labute approximate surface area is 257 Å². The summed E-state index contributed by atoms with van der Waals surface area (Å²) in [5.41, 5.74) is -0.157. The van der Waals surface area contributed by atoms with Gasteiger partial charge in [0.25, 0.3) is 0 Å². The van der Waals surface area contributed by atoms with E-state index in [2.05, 4.69) is 26.1 Å². The Kier molecular flexibility index (Phi) is 11.1. The minimum absolute atomic E-state index is 0. The first-order chi connectivity index (χ1) is 17.7. The van der Waals surface area contributed by atoms with Crippen LogP contribution < -0.4 is 34.9 Å². The van der Waals surface area contributed by atoms with Gasteiger partial charge in [-0.25, -0.2) is 8.42 Å². The van der Waals surface area contributed by atoms with Crippen LogP contribution in [0, 0.1) is 52.3 Å². The number of aliphatic hydroxyl groups is 3. The molecule has 39 heavy (non-hydrogen) atoms. The van der Waals surface area contributed by atoms with Crippen LogP contribution in [0.25, 0.3) is 0 Å². The molecule has 10 heteroatoms. The van der Waals surface area contributed by atoms with Crippen LogP contribution in [0.4, 0.5) is 0 Å². The first-order valence-corrected chi connectivity index (χ1v) is 16.5. The summed E-state index contributed by atoms with van der Waals surface area (Å²) in [6.07, 6.45) is 7.59. The van der Waals surface area contributed by atoms with E-state index in [1.807, 2.05) is 6.92 Å². The third-order valence-electron chi connectivity index (χ3n) is 11.9. The Morgan fingerprint density at radius 1 is 1.03 bits per heavy atom. The third kappa shape index (κ3) is 6.76. The van der Waals surface area contributed by atoms with E-state index < -0.39 is 22.0 Å². The average Bonchev–Trinajstić information content (AvgIpc) is 3.18. The molecule has 4 aliphatic carbocycles. The summed E-state index contributed by atoms with van der Waals surface area (Å²) in [5, 5.41) is 36.0. The second kappa shape index (κ2) is 12.9. The van der Waals surface area contributed by atoms with Gasteiger partial charge in [-0.1, -0.05) is 40.5 Å². The molecule has 4 fully saturated rings. The zero-order chi connectivity index (χ0) is 28.0. The van der Waals surface area contributed by atoms with Crippen LogP contribution in [0.15, 0.2) is 0 Å². The first-order valence-electron chi connectivity index (χ1n) is 14.9. The van der Waals surface area contributed by atoms with E-state index in [-0.39, 0.29) is 76.9 Å². The first kappa shape index (κ1) is 33.8. The summed E-state index contributed by atoms with van der Waals surface area (Å²) in [7, 11) is -4.34. The van der Waals surface area contributed by atoms with Crippen molar-refractivity contribution in [2.24, 2.45) is 52.3 Å². The quantitative estimate of drug-likeness (QED) is 0.223. The van der Waals surface area contributed by atoms with Gasteiger partial charge in [-0.2, -0.15) is 0 Å². The molecular formula is C29H50NNaO7S. The normalized spacial score (nSPS) is 43.3. The molecule has 4 rings (SSSR count). The minimum Gasteiger partial charge on any atom is -0.748 e. The Bertz CT molecular complexity index is 965. The van der Waals surface area contributed by atoms with Crippen LogP contribution in [0.5, 0.6) is 0 Å². The van der Waals surface area contributed by atoms with Crippen LogP contribution >= 0.6 is 0 Å². The van der Waals surface area contributed by atoms with Gasteiger partial charge in [-0.3, -0.25) is 4.79 Å². The number of fused-ring (bicyclic) bond motifs is 5. The SMILES string of the molecule is C[C@H](CCC[C@H](C)C(=O)NCCS(=O)(=O)[O-])[C@H]1CC[C@H]2[C@@H]3[C@H](O)C[C@@H]4C[C@H](O)CC[C@]4(C)[C@H]3C[C@H](O)[C@]12C.[Na+]. The number of hydrogen-bond donors (Lipinski definition) is 4. The molecular weight excluding hydrogens is 529 g/mol. The van der Waals surface area contributed by atoms with Crippen LogP contribution in [-0.2, 0) is 14.9 Å². The van der Waals surface area contributed by atoms with E-state index in [4.69, 9.17) is 0 Å². The van der Waals surface area contributed by atoms with E-state index >= 15 is 0 Å². The smallest absolute Gasteiger partial charge is 0.748 e. The summed E-state index contributed by atoms with van der Waals surface area (Å²) >= 11 is 0. The molecule has 1 amide bonds. The van der Waals surface area contributed by atoms with Gasteiger partial charge in [-0.05, 0) is 97.7 Å². The second-order valence-corrected chi connectivity index (χ2v) is 15.4. The Hall–Kier alpha value is 0.260. The zero-order valence-electron chi connectivity index (χ0n) is 24.6. The van der Waals surface area contributed by atoms with Crippen molar-refractivity contribution in [3.8, 4) is 0 Å². The fourth-order valence-electron chi connectivity index (χ4n) is 9.68. The molecule has 4 N–H and O–H groups in total. The van der Waals surface area contributed by atoms with E-state index in [0.29, 0.717) is 36.0 Å². The molecule has 220 valence electrons. The minimum atomic E-state index is -4.34. The molecule has 0 aromatic heterocycles. The molecule has 0 unspecified atom stereocenters. The topological polar surface area (TPSA) is 147 Å². The number of carbonyl (C=O) groups excluding carboxylic acids is 1. The van der Waals surface area contributed by atoms with E-state index in [1.165, 1.54) is 0 Å². The molecule has 0 aromatic rings. The monoisotopic (exact) mass is 579 g/mol. The van der Waals surface area contributed by atoms with Gasteiger partial charge in [0.15, 0.2) is 0 Å². The molecule has 0 bridgehead atoms. The standard InChI is InChI=1S/C29H51NO7S.Na/c1-17(6-5-7-18(2)27(34)30-12-13-38(35,36)37)21-8-9-22-26-23(16-25(33)29(21,22)4)28(3)11-10-20(31)14-19(28)15-24(26)32;/h17-26,31-33H,5-16H2,1-4H3,(H,30,34)(H,35,36,37);/q;+1/p-1/t17-,18+,19+,20-,21-,22+,23+,24-,25+,26+,28+,29-;/m1./s1. The second-order valence-electron chi connectivity index (χ2n) is 13.9. The molecule has 0 saturated heterocycles. The van der Waals surface area contributed by atoms with Crippen molar-refractivity contribution in [1.29, 1.82) is 0 Å². The van der Waals surface area contributed by atoms with Crippen LogP contribution in [0.2, 0.25) is 0 Å². The fourth-order valence-corrected chi connectivity index (χ4v) is 10.0. The van der Waals surface area contributed by atoms with Gasteiger partial charge < -0.3 is 25.2 Å². The Morgan fingerprint density at radius 3 is 2.38 bits per heavy atom. The number of aliphatic hydroxyl groups excluding tert-OH is 3. The summed E-state index contributed by atoms with van der Waals surface area (Å²) in [5.74, 6) is 0.780. The van der Waals surface area contributed by atoms with Crippen molar-refractivity contribution in [2.45, 2.75) is 110 Å². The van der Waals surface area contributed by atoms with Crippen LogP contribution in [0.3, 0.4) is 0 Å². The molecule has 0 radical (unpaired) electrons. The average molecular weight is 580 g/mol. The summed E-state index contributed by atoms with van der Waals surface area (Å²) in [4.78, 5) is 12.3. The molecule has 8 nitrogen and oxygen atoms in total. The molecule has 0 aromatic carbocycles. The van der Waals surface area contributed by atoms with Crippen molar-refractivity contribution in [1.82, 2.24) is 5.32 Å². The summed E-state index contributed by atoms with van der Waals surface area (Å²) in [6.45, 7) is 8.55. The van der Waals surface area contributed by atoms with E-state index in [1.54, 1.807) is 0 Å². The van der Waals surface area contributed by atoms with E-state index in [0.717, 1.165) is 57.8 Å². The van der Waals surface area contributed by atoms with Crippen molar-refractivity contribution in [2.75, 3.05) is 12.3 Å². The third-order valence-corrected chi connectivity index (χ3v) is 12.6. The maximum Gasteiger partial charge on any atom is 1.00 e. The molecule has 4 saturated carbocycles. The Balaban J connectivity index is 0.00000420. The predicted octanol–water partition coefficient (Wildman–Crippen LogP) is 0.0557. The fraction of sp³-hybridized carbons (Fsp3) is 0.966. The van der Waals surface area contributed by atoms with Gasteiger partial charge in [0, 0.05) is 12.5 Å². The largest absolute Gasteiger partial charge is 1.00 e. The molecule has 12 atom stereocenters. The zero-order valence-corrected chi connectivity index (χ0v) is 27.5. The van der Waals surface area contributed by atoms with E-state index in [9.17, 15) is 33.1 Å². The molecule has 0 heterocycles. The Morgan fingerprint density at radius 2 is 1.72 bits per heavy atom. The van der Waals surface area contributed by atoms with Crippen molar-refractivity contribution in [3.63, 3.8) is 0 Å². The van der Waals surface area contributed by atoms with Crippen LogP contribution in [-0.4, -0.2) is 64.8 Å². The van der Waals surface area contributed by atoms with Gasteiger partial charge in [-0.15, -0.1) is 0 Å². The number of carbonyl (C=O) groups is 1. The number of hydrogen-bond acceptors (Lipinski definition) is 7. The van der Waals surface area contributed by atoms with Gasteiger partial charge >= 0.3 is 29.6 Å². The van der Waals surface area contributed by atoms with Crippen LogP contribution in [0.1, 0.15) is 91.9 Å². The van der Waals surface area contributed by atoms with Gasteiger partial charge in [0.2, 0.25) is 5.91 Å². The number of nitrogens with one attached hydrogen (secondary N) is 1. The molecule has 0 spiro atoms. The van der Waals surface area contributed by atoms with Gasteiger partial charge in [0.05, 0.1) is 34.2 Å². The molecule has 0 aliphatic heterocycles. The van der Waals surface area contributed by atoms with Gasteiger partial charge in [0.1, 0.15) is 0 Å². The van der Waals surface area contributed by atoms with Crippen molar-refractivity contribution in [3.05, 3.63) is 0 Å². The van der Waals surface area contributed by atoms with Crippen molar-refractivity contribution < 1.29 is 62.6 Å². The number of rotatable bonds is 9. The molecule has 4 aliphatic rings. The predicted molar refractivity (Wildman–Crippen MR) is 144 cm³/mol. The summed E-state index contributed by atoms with van der Waals surface area (Å²) < 4.78 is 32.2. The summed E-state index contributed by atoms with van der Waals surface area (Å²) in [6, 6.07) is 0.